The van der Waals surface area contributed by atoms with Crippen LogP contribution in [-0.2, 0) is 15.3 Å². The highest BCUT2D eigenvalue weighted by molar-refractivity contribution is 8.13. The van der Waals surface area contributed by atoms with E-state index in [1.165, 1.54) is 35.0 Å². The zero-order chi connectivity index (χ0) is 34.9. The van der Waals surface area contributed by atoms with Crippen LogP contribution in [0.15, 0.2) is 119 Å². The summed E-state index contributed by atoms with van der Waals surface area (Å²) in [6.07, 6.45) is 0. The third kappa shape index (κ3) is 8.65. The normalized spacial score (nSPS) is 18.3. The second-order valence-electron chi connectivity index (χ2n) is 12.3. The van der Waals surface area contributed by atoms with Crippen molar-refractivity contribution in [2.24, 2.45) is 15.9 Å². The van der Waals surface area contributed by atoms with Crippen molar-refractivity contribution >= 4 is 34.3 Å². The van der Waals surface area contributed by atoms with Crippen LogP contribution >= 0.6 is 11.8 Å². The maximum absolute atomic E-state index is 13.7. The molecule has 1 fully saturated rings. The molecule has 0 saturated carbocycles. The average molecular weight is 692 g/mol. The molecule has 11 heteroatoms. The number of methoxy groups -OCH3 is 1. The van der Waals surface area contributed by atoms with Gasteiger partial charge < -0.3 is 9.47 Å². The van der Waals surface area contributed by atoms with Crippen molar-refractivity contribution in [1.29, 1.82) is 0 Å². The molecule has 2 unspecified atom stereocenters. The minimum Gasteiger partial charge on any atom is -0.497 e. The van der Waals surface area contributed by atoms with Gasteiger partial charge in [-0.15, -0.1) is 0 Å². The highest BCUT2D eigenvalue weighted by atomic mass is 32.2. The Morgan fingerprint density at radius 2 is 1.58 bits per heavy atom. The van der Waals surface area contributed by atoms with Gasteiger partial charge in [-0.3, -0.25) is 29.7 Å². The smallest absolute Gasteiger partial charge is 0.317 e. The highest BCUT2D eigenvalue weighted by Gasteiger charge is 2.37. The minimum absolute atomic E-state index is 0.0571. The summed E-state index contributed by atoms with van der Waals surface area (Å²) in [5, 5.41) is 12.1. The maximum Gasteiger partial charge on any atom is 0.317 e. The lowest BCUT2D eigenvalue weighted by atomic mass is 9.89. The van der Waals surface area contributed by atoms with Crippen LogP contribution in [0.1, 0.15) is 41.3 Å². The van der Waals surface area contributed by atoms with E-state index in [1.807, 2.05) is 36.4 Å². The molecule has 0 N–H and O–H groups in total. The average Bonchev–Trinajstić information content (AvgIpc) is 3.15. The van der Waals surface area contributed by atoms with Crippen molar-refractivity contribution in [1.82, 2.24) is 9.80 Å². The molecule has 2 aliphatic heterocycles. The number of hydrogen-bond donors (Lipinski definition) is 0. The van der Waals surface area contributed by atoms with Gasteiger partial charge in [-0.25, -0.2) is 4.99 Å². The number of rotatable bonds is 12. The van der Waals surface area contributed by atoms with Crippen molar-refractivity contribution in [3.8, 4) is 5.75 Å². The van der Waals surface area contributed by atoms with E-state index in [0.717, 1.165) is 37.5 Å². The van der Waals surface area contributed by atoms with Crippen molar-refractivity contribution in [2.45, 2.75) is 24.8 Å². The van der Waals surface area contributed by atoms with E-state index in [-0.39, 0.29) is 18.3 Å². The zero-order valence-corrected chi connectivity index (χ0v) is 29.1. The van der Waals surface area contributed by atoms with Crippen LogP contribution in [-0.4, -0.2) is 78.0 Å². The third-order valence-corrected chi connectivity index (χ3v) is 10.1. The molecule has 2 heterocycles. The number of nitro benzene ring substituents is 1. The summed E-state index contributed by atoms with van der Waals surface area (Å²) >= 11 is 1.45. The Kier molecular flexibility index (Phi) is 11.7. The lowest BCUT2D eigenvalue weighted by Gasteiger charge is -2.39. The van der Waals surface area contributed by atoms with Crippen LogP contribution < -0.4 is 4.74 Å². The number of ether oxygens (including phenoxy) is 2. The fraction of sp³-hybridized carbons (Fsp3) is 0.308. The molecule has 2 aliphatic rings. The zero-order valence-electron chi connectivity index (χ0n) is 28.3. The van der Waals surface area contributed by atoms with Crippen LogP contribution in [0.5, 0.6) is 5.75 Å². The second kappa shape index (κ2) is 16.7. The molecule has 10 nitrogen and oxygen atoms in total. The van der Waals surface area contributed by atoms with Gasteiger partial charge in [0.2, 0.25) is 0 Å². The van der Waals surface area contributed by atoms with E-state index >= 15 is 0 Å². The maximum atomic E-state index is 13.7. The Bertz CT molecular complexity index is 1770. The largest absolute Gasteiger partial charge is 0.497 e. The molecule has 258 valence electrons. The monoisotopic (exact) mass is 691 g/mol. The Hall–Kier alpha value is -4.84. The number of hydrogen-bond acceptors (Lipinski definition) is 10. The lowest BCUT2D eigenvalue weighted by molar-refractivity contribution is -0.384. The van der Waals surface area contributed by atoms with Gasteiger partial charge in [-0.2, -0.15) is 0 Å². The van der Waals surface area contributed by atoms with E-state index in [2.05, 4.69) is 58.3 Å². The van der Waals surface area contributed by atoms with Gasteiger partial charge in [-0.1, -0.05) is 96.7 Å². The van der Waals surface area contributed by atoms with Crippen molar-refractivity contribution in [2.75, 3.05) is 46.4 Å². The number of carbonyl (C=O) groups is 1. The Balaban J connectivity index is 1.09. The molecule has 0 bridgehead atoms. The number of benzene rings is 4. The van der Waals surface area contributed by atoms with E-state index < -0.39 is 22.9 Å². The second-order valence-corrected chi connectivity index (χ2v) is 13.3. The quantitative estimate of drug-likeness (QED) is 0.0890. The number of aliphatic imine (C=N–C) groups is 2. The fourth-order valence-corrected chi connectivity index (χ4v) is 7.38. The molecular weight excluding hydrogens is 651 g/mol. The molecule has 2 atom stereocenters. The van der Waals surface area contributed by atoms with Gasteiger partial charge in [0.1, 0.15) is 18.3 Å². The summed E-state index contributed by atoms with van der Waals surface area (Å²) in [5.74, 6) is 0.159. The van der Waals surface area contributed by atoms with Crippen molar-refractivity contribution in [3.63, 3.8) is 0 Å². The summed E-state index contributed by atoms with van der Waals surface area (Å²) in [6, 6.07) is 34.7. The Morgan fingerprint density at radius 1 is 0.920 bits per heavy atom. The number of amidine groups is 1. The van der Waals surface area contributed by atoms with E-state index in [4.69, 9.17) is 19.5 Å². The molecule has 50 heavy (non-hydrogen) atoms. The lowest BCUT2D eigenvalue weighted by Crippen LogP contribution is -2.48. The highest BCUT2D eigenvalue weighted by Crippen LogP contribution is 2.36. The van der Waals surface area contributed by atoms with Crippen LogP contribution in [0.2, 0.25) is 0 Å². The first-order valence-electron chi connectivity index (χ1n) is 16.8. The first kappa shape index (κ1) is 35.0. The third-order valence-electron chi connectivity index (χ3n) is 9.15. The molecule has 1 saturated heterocycles. The first-order chi connectivity index (χ1) is 24.4. The number of carbonyl (C=O) groups excluding carboxylic acids is 1. The molecule has 4 aromatic carbocycles. The predicted octanol–water partition coefficient (Wildman–Crippen LogP) is 6.98. The number of thioether (sulfide) groups is 1. The summed E-state index contributed by atoms with van der Waals surface area (Å²) in [7, 11) is 1.63. The van der Waals surface area contributed by atoms with Gasteiger partial charge in [0.15, 0.2) is 5.17 Å². The predicted molar refractivity (Wildman–Crippen MR) is 198 cm³/mol. The molecule has 6 rings (SSSR count). The van der Waals surface area contributed by atoms with Crippen LogP contribution in [0.4, 0.5) is 5.69 Å². The van der Waals surface area contributed by atoms with Gasteiger partial charge >= 0.3 is 5.97 Å². The molecular formula is C39H41N5O5S. The Labute approximate surface area is 297 Å². The topological polar surface area (TPSA) is 110 Å². The molecule has 0 spiro atoms. The Morgan fingerprint density at radius 3 is 2.20 bits per heavy atom. The number of nitrogens with zero attached hydrogens (tertiary/aromatic N) is 5. The van der Waals surface area contributed by atoms with E-state index in [0.29, 0.717) is 28.7 Å². The van der Waals surface area contributed by atoms with Crippen molar-refractivity contribution < 1.29 is 19.2 Å². The van der Waals surface area contributed by atoms with Crippen LogP contribution in [0.3, 0.4) is 0 Å². The van der Waals surface area contributed by atoms with Crippen LogP contribution in [0.25, 0.3) is 0 Å². The van der Waals surface area contributed by atoms with Crippen LogP contribution in [0, 0.1) is 16.0 Å². The van der Waals surface area contributed by atoms with E-state index in [9.17, 15) is 14.9 Å². The number of nitro groups is 1. The van der Waals surface area contributed by atoms with E-state index in [1.54, 1.807) is 26.2 Å². The minimum atomic E-state index is -0.795. The number of non-ortho nitro benzene ring substituents is 1. The summed E-state index contributed by atoms with van der Waals surface area (Å²) in [4.78, 5) is 39.3. The van der Waals surface area contributed by atoms with Crippen molar-refractivity contribution in [3.05, 3.63) is 142 Å². The van der Waals surface area contributed by atoms with Gasteiger partial charge in [0, 0.05) is 56.3 Å². The number of piperazine rings is 1. The van der Waals surface area contributed by atoms with Gasteiger partial charge in [-0.05, 0) is 41.3 Å². The first-order valence-corrected chi connectivity index (χ1v) is 17.7. The van der Waals surface area contributed by atoms with Gasteiger partial charge in [0.05, 0.1) is 24.1 Å². The summed E-state index contributed by atoms with van der Waals surface area (Å²) in [5.41, 5.74) is 4.69. The molecule has 0 aliphatic carbocycles. The number of esters is 1. The summed E-state index contributed by atoms with van der Waals surface area (Å²) < 4.78 is 11.1. The molecule has 0 radical (unpaired) electrons. The molecule has 0 amide bonds. The summed E-state index contributed by atoms with van der Waals surface area (Å²) in [6.45, 7) is 6.12. The van der Waals surface area contributed by atoms with Gasteiger partial charge in [0.25, 0.3) is 5.69 Å². The molecule has 0 aromatic heterocycles. The fourth-order valence-electron chi connectivity index (χ4n) is 6.49. The standard InChI is InChI=1S/C39H41N5O5S/c1-28-35(36(32-14-9-15-33(26-32)44(46)47)41-39(40-28)50-27-29-16-18-34(48-2)19-17-29)38(45)49-25-24-42-20-22-43(23-21-42)37(30-10-5-3-6-11-30)31-12-7-4-8-13-31/h3-19,26,35-37H,20-25,27H2,1-2H3. The SMILES string of the molecule is COc1ccc(CSC2=NC(c3cccc([N+](=O)[O-])c3)C(C(=O)OCCN3CCN(C(c4ccccc4)c4ccccc4)CC3)C(C)=N2)cc1. The molecule has 4 aromatic rings.